The third-order valence-electron chi connectivity index (χ3n) is 4.93. The molecule has 1 heterocycles. The Morgan fingerprint density at radius 3 is 2.50 bits per heavy atom. The Balaban J connectivity index is 1.63. The summed E-state index contributed by atoms with van der Waals surface area (Å²) in [5, 5.41) is 13.4. The fourth-order valence-electron chi connectivity index (χ4n) is 3.19. The van der Waals surface area contributed by atoms with Crippen molar-refractivity contribution in [3.8, 4) is 5.75 Å². The van der Waals surface area contributed by atoms with Gasteiger partial charge >= 0.3 is 5.63 Å². The van der Waals surface area contributed by atoms with E-state index >= 15 is 0 Å². The molecular weight excluding hydrogens is 361 g/mol. The van der Waals surface area contributed by atoms with Crippen molar-refractivity contribution >= 4 is 16.9 Å². The number of carbonyl (C=O) groups is 1. The summed E-state index contributed by atoms with van der Waals surface area (Å²) < 4.78 is 18.3. The van der Waals surface area contributed by atoms with Gasteiger partial charge in [0.2, 0.25) is 5.91 Å². The van der Waals surface area contributed by atoms with Crippen molar-refractivity contribution in [2.75, 3.05) is 6.54 Å². The summed E-state index contributed by atoms with van der Waals surface area (Å²) in [7, 11) is 0. The maximum Gasteiger partial charge on any atom is 0.339 e. The molecule has 146 valence electrons. The highest BCUT2D eigenvalue weighted by Crippen LogP contribution is 2.28. The molecule has 0 saturated carbocycles. The predicted octanol–water partition coefficient (Wildman–Crippen LogP) is 3.55. The zero-order valence-corrected chi connectivity index (χ0v) is 15.8. The minimum absolute atomic E-state index is 0.0725. The molecule has 0 aliphatic carbocycles. The predicted molar refractivity (Wildman–Crippen MR) is 105 cm³/mol. The van der Waals surface area contributed by atoms with Crippen LogP contribution in [-0.2, 0) is 17.6 Å². The third-order valence-corrected chi connectivity index (χ3v) is 4.93. The van der Waals surface area contributed by atoms with Crippen LogP contribution in [0.1, 0.15) is 28.7 Å². The molecule has 0 saturated heterocycles. The van der Waals surface area contributed by atoms with Crippen molar-refractivity contribution in [3.63, 3.8) is 0 Å². The number of phenolic OH excluding ortho intramolecular Hbond substituents is 1. The number of phenols is 1. The van der Waals surface area contributed by atoms with Crippen LogP contribution in [0.3, 0.4) is 0 Å². The summed E-state index contributed by atoms with van der Waals surface area (Å²) in [5.41, 5.74) is 2.56. The minimum Gasteiger partial charge on any atom is -0.508 e. The van der Waals surface area contributed by atoms with Crippen molar-refractivity contribution in [1.82, 2.24) is 5.32 Å². The largest absolute Gasteiger partial charge is 0.508 e. The Bertz CT molecular complexity index is 1070. The number of hydrogen-bond donors (Lipinski definition) is 2. The molecule has 2 N–H and O–H groups in total. The Hall–Kier alpha value is -3.15. The third kappa shape index (κ3) is 4.22. The van der Waals surface area contributed by atoms with Crippen LogP contribution < -0.4 is 10.9 Å². The van der Waals surface area contributed by atoms with Crippen LogP contribution in [0.4, 0.5) is 4.39 Å². The lowest BCUT2D eigenvalue weighted by atomic mass is 10.0. The van der Waals surface area contributed by atoms with E-state index in [1.165, 1.54) is 12.1 Å². The molecule has 6 heteroatoms. The zero-order chi connectivity index (χ0) is 20.3. The van der Waals surface area contributed by atoms with Crippen molar-refractivity contribution < 1.29 is 18.7 Å². The van der Waals surface area contributed by atoms with E-state index in [-0.39, 0.29) is 30.3 Å². The van der Waals surface area contributed by atoms with E-state index in [0.29, 0.717) is 29.7 Å². The van der Waals surface area contributed by atoms with E-state index in [2.05, 4.69) is 5.32 Å². The van der Waals surface area contributed by atoms with Gasteiger partial charge in [-0.3, -0.25) is 4.79 Å². The van der Waals surface area contributed by atoms with Gasteiger partial charge in [0.25, 0.3) is 0 Å². The first-order valence-corrected chi connectivity index (χ1v) is 9.13. The molecule has 1 aromatic heterocycles. The van der Waals surface area contributed by atoms with Gasteiger partial charge in [-0.05, 0) is 62.1 Å². The summed E-state index contributed by atoms with van der Waals surface area (Å²) in [5.74, 6) is -0.381. The molecule has 3 rings (SSSR count). The molecule has 3 aromatic rings. The van der Waals surface area contributed by atoms with E-state index in [0.717, 1.165) is 16.5 Å². The molecule has 0 aliphatic heterocycles. The van der Waals surface area contributed by atoms with Gasteiger partial charge in [-0.1, -0.05) is 12.1 Å². The fourth-order valence-corrected chi connectivity index (χ4v) is 3.19. The SMILES string of the molecule is Cc1c(CCC(=O)NCCc2ccc(F)cc2)c(=O)oc2c(C)c(O)ccc12. The highest BCUT2D eigenvalue weighted by atomic mass is 19.1. The van der Waals surface area contributed by atoms with Gasteiger partial charge in [0.15, 0.2) is 0 Å². The van der Waals surface area contributed by atoms with E-state index in [1.54, 1.807) is 31.2 Å². The van der Waals surface area contributed by atoms with E-state index < -0.39 is 5.63 Å². The van der Waals surface area contributed by atoms with E-state index in [4.69, 9.17) is 4.42 Å². The molecule has 0 bridgehead atoms. The number of benzene rings is 2. The molecule has 0 spiro atoms. The smallest absolute Gasteiger partial charge is 0.339 e. The lowest BCUT2D eigenvalue weighted by molar-refractivity contribution is -0.121. The number of nitrogens with one attached hydrogen (secondary N) is 1. The Morgan fingerprint density at radius 1 is 1.07 bits per heavy atom. The summed E-state index contributed by atoms with van der Waals surface area (Å²) in [6.07, 6.45) is 1.04. The van der Waals surface area contributed by atoms with Crippen LogP contribution in [0, 0.1) is 19.7 Å². The average Bonchev–Trinajstić information content (AvgIpc) is 2.66. The quantitative estimate of drug-likeness (QED) is 0.638. The molecule has 0 radical (unpaired) electrons. The van der Waals surface area contributed by atoms with E-state index in [9.17, 15) is 19.1 Å². The second kappa shape index (κ2) is 8.25. The standard InChI is InChI=1S/C22H22FNO4/c1-13-17-7-9-19(25)14(2)21(17)28-22(27)18(13)8-10-20(26)24-12-11-15-3-5-16(23)6-4-15/h3-7,9,25H,8,10-12H2,1-2H3,(H,24,26). The van der Waals surface area contributed by atoms with Crippen molar-refractivity contribution in [2.45, 2.75) is 33.1 Å². The summed E-state index contributed by atoms with van der Waals surface area (Å²) in [4.78, 5) is 24.5. The number of hydrogen-bond acceptors (Lipinski definition) is 4. The molecule has 5 nitrogen and oxygen atoms in total. The number of aromatic hydroxyl groups is 1. The molecule has 0 atom stereocenters. The number of rotatable bonds is 6. The molecule has 0 fully saturated rings. The lowest BCUT2D eigenvalue weighted by Gasteiger charge is -2.10. The highest BCUT2D eigenvalue weighted by Gasteiger charge is 2.15. The van der Waals surface area contributed by atoms with Gasteiger partial charge in [0.1, 0.15) is 17.1 Å². The van der Waals surface area contributed by atoms with Crippen molar-refractivity contribution in [1.29, 1.82) is 0 Å². The Morgan fingerprint density at radius 2 is 1.79 bits per heavy atom. The first-order valence-electron chi connectivity index (χ1n) is 9.13. The van der Waals surface area contributed by atoms with Crippen LogP contribution in [0.15, 0.2) is 45.6 Å². The van der Waals surface area contributed by atoms with Gasteiger partial charge < -0.3 is 14.8 Å². The zero-order valence-electron chi connectivity index (χ0n) is 15.8. The summed E-state index contributed by atoms with van der Waals surface area (Å²) >= 11 is 0. The second-order valence-electron chi connectivity index (χ2n) is 6.81. The maximum absolute atomic E-state index is 12.9. The van der Waals surface area contributed by atoms with Crippen LogP contribution >= 0.6 is 0 Å². The van der Waals surface area contributed by atoms with Crippen molar-refractivity contribution in [3.05, 3.63) is 74.9 Å². The highest BCUT2D eigenvalue weighted by molar-refractivity contribution is 5.85. The van der Waals surface area contributed by atoms with Gasteiger partial charge in [0, 0.05) is 29.5 Å². The Kier molecular flexibility index (Phi) is 5.78. The fraction of sp³-hybridized carbons (Fsp3) is 0.273. The second-order valence-corrected chi connectivity index (χ2v) is 6.81. The molecular formula is C22H22FNO4. The van der Waals surface area contributed by atoms with Crippen LogP contribution in [0.5, 0.6) is 5.75 Å². The monoisotopic (exact) mass is 383 g/mol. The molecule has 1 amide bonds. The number of aryl methyl sites for hydroxylation is 2. The average molecular weight is 383 g/mol. The normalized spacial score (nSPS) is 11.0. The first kappa shape index (κ1) is 19.6. The van der Waals surface area contributed by atoms with E-state index in [1.807, 2.05) is 6.92 Å². The van der Waals surface area contributed by atoms with Gasteiger partial charge in [0.05, 0.1) is 0 Å². The van der Waals surface area contributed by atoms with Crippen LogP contribution in [-0.4, -0.2) is 17.6 Å². The van der Waals surface area contributed by atoms with Crippen LogP contribution in [0.2, 0.25) is 0 Å². The number of carbonyl (C=O) groups excluding carboxylic acids is 1. The number of amides is 1. The van der Waals surface area contributed by atoms with Crippen molar-refractivity contribution in [2.24, 2.45) is 0 Å². The molecule has 0 aliphatic rings. The van der Waals surface area contributed by atoms with Crippen LogP contribution in [0.25, 0.3) is 11.0 Å². The van der Waals surface area contributed by atoms with Gasteiger partial charge in [-0.15, -0.1) is 0 Å². The maximum atomic E-state index is 12.9. The summed E-state index contributed by atoms with van der Waals surface area (Å²) in [6.45, 7) is 3.94. The molecule has 2 aromatic carbocycles. The molecule has 28 heavy (non-hydrogen) atoms. The lowest BCUT2D eigenvalue weighted by Crippen LogP contribution is -2.26. The first-order chi connectivity index (χ1) is 13.4. The minimum atomic E-state index is -0.488. The van der Waals surface area contributed by atoms with Gasteiger partial charge in [-0.2, -0.15) is 0 Å². The Labute approximate surface area is 161 Å². The molecule has 0 unspecified atom stereocenters. The van der Waals surface area contributed by atoms with Gasteiger partial charge in [-0.25, -0.2) is 9.18 Å². The number of halogens is 1. The number of fused-ring (bicyclic) bond motifs is 1. The topological polar surface area (TPSA) is 79.5 Å². The summed E-state index contributed by atoms with van der Waals surface area (Å²) in [6, 6.07) is 9.43.